The van der Waals surface area contributed by atoms with Gasteiger partial charge >= 0.3 is 6.09 Å². The highest BCUT2D eigenvalue weighted by Crippen LogP contribution is 2.23. The third kappa shape index (κ3) is 8.56. The number of nitrogens with one attached hydrogen (secondary N) is 1. The predicted molar refractivity (Wildman–Crippen MR) is 93.2 cm³/mol. The van der Waals surface area contributed by atoms with Gasteiger partial charge in [0.1, 0.15) is 5.60 Å². The van der Waals surface area contributed by atoms with Gasteiger partial charge < -0.3 is 9.64 Å². The Morgan fingerprint density at radius 1 is 1.13 bits per heavy atom. The standard InChI is InChI=1S/C18H36N2O3/c1-14(19-23-18(5,6)7)13-15-11-9-8-10-12-20(15)16(21)22-17(2,3)4/h14-15,19H,8-13H2,1-7H3. The van der Waals surface area contributed by atoms with Gasteiger partial charge in [0.15, 0.2) is 0 Å². The van der Waals surface area contributed by atoms with Gasteiger partial charge in [0.05, 0.1) is 5.60 Å². The molecular weight excluding hydrogens is 292 g/mol. The van der Waals surface area contributed by atoms with Crippen LogP contribution in [0.1, 0.15) is 80.6 Å². The van der Waals surface area contributed by atoms with Crippen molar-refractivity contribution >= 4 is 6.09 Å². The van der Waals surface area contributed by atoms with E-state index in [0.29, 0.717) is 0 Å². The number of amides is 1. The fourth-order valence-electron chi connectivity index (χ4n) is 2.72. The van der Waals surface area contributed by atoms with E-state index in [1.54, 1.807) is 0 Å². The second-order valence-electron chi connectivity index (χ2n) is 8.65. The van der Waals surface area contributed by atoms with Gasteiger partial charge in [-0.25, -0.2) is 4.79 Å². The summed E-state index contributed by atoms with van der Waals surface area (Å²) in [7, 11) is 0. The van der Waals surface area contributed by atoms with E-state index >= 15 is 0 Å². The molecule has 1 saturated heterocycles. The Bertz CT molecular complexity index is 371. The van der Waals surface area contributed by atoms with Crippen molar-refractivity contribution in [3.63, 3.8) is 0 Å². The van der Waals surface area contributed by atoms with Crippen molar-refractivity contribution in [2.45, 2.75) is 104 Å². The lowest BCUT2D eigenvalue weighted by Gasteiger charge is -2.34. The smallest absolute Gasteiger partial charge is 0.410 e. The highest BCUT2D eigenvalue weighted by Gasteiger charge is 2.30. The minimum atomic E-state index is -0.451. The minimum Gasteiger partial charge on any atom is -0.444 e. The van der Waals surface area contributed by atoms with Crippen molar-refractivity contribution in [3.05, 3.63) is 0 Å². The first-order valence-corrected chi connectivity index (χ1v) is 8.91. The van der Waals surface area contributed by atoms with E-state index in [1.165, 1.54) is 6.42 Å². The maximum absolute atomic E-state index is 12.5. The molecule has 1 fully saturated rings. The SMILES string of the molecule is CC(CC1CCCCCN1C(=O)OC(C)(C)C)NOC(C)(C)C. The molecule has 23 heavy (non-hydrogen) atoms. The van der Waals surface area contributed by atoms with Crippen LogP contribution in [0.4, 0.5) is 4.79 Å². The molecule has 2 atom stereocenters. The zero-order valence-electron chi connectivity index (χ0n) is 16.1. The molecule has 0 spiro atoms. The number of hydrogen-bond acceptors (Lipinski definition) is 4. The number of ether oxygens (including phenoxy) is 1. The highest BCUT2D eigenvalue weighted by atomic mass is 16.7. The molecule has 0 aromatic heterocycles. The van der Waals surface area contributed by atoms with Crippen LogP contribution < -0.4 is 5.48 Å². The highest BCUT2D eigenvalue weighted by molar-refractivity contribution is 5.68. The molecule has 0 radical (unpaired) electrons. The van der Waals surface area contributed by atoms with Crippen molar-refractivity contribution < 1.29 is 14.4 Å². The predicted octanol–water partition coefficient (Wildman–Crippen LogP) is 4.26. The number of hydroxylamine groups is 1. The molecule has 0 aromatic rings. The van der Waals surface area contributed by atoms with Crippen LogP contribution in [-0.4, -0.2) is 40.8 Å². The van der Waals surface area contributed by atoms with Gasteiger partial charge in [-0.15, -0.1) is 0 Å². The number of carbonyl (C=O) groups excluding carboxylic acids is 1. The van der Waals surface area contributed by atoms with Gasteiger partial charge in [-0.1, -0.05) is 12.8 Å². The summed E-state index contributed by atoms with van der Waals surface area (Å²) in [5.41, 5.74) is 2.45. The van der Waals surface area contributed by atoms with Crippen molar-refractivity contribution in [2.75, 3.05) is 6.54 Å². The first-order chi connectivity index (χ1) is 10.5. The Labute approximate surface area is 142 Å². The van der Waals surface area contributed by atoms with Crippen LogP contribution in [-0.2, 0) is 9.57 Å². The first-order valence-electron chi connectivity index (χ1n) is 8.91. The van der Waals surface area contributed by atoms with E-state index < -0.39 is 5.60 Å². The molecule has 0 bridgehead atoms. The van der Waals surface area contributed by atoms with E-state index in [0.717, 1.165) is 32.2 Å². The Kier molecular flexibility index (Phi) is 7.33. The zero-order chi connectivity index (χ0) is 17.7. The molecule has 0 saturated carbocycles. The molecule has 2 unspecified atom stereocenters. The monoisotopic (exact) mass is 328 g/mol. The van der Waals surface area contributed by atoms with Gasteiger partial charge in [-0.3, -0.25) is 4.84 Å². The molecule has 1 rings (SSSR count). The van der Waals surface area contributed by atoms with Crippen LogP contribution in [0, 0.1) is 0 Å². The van der Waals surface area contributed by atoms with Gasteiger partial charge in [-0.2, -0.15) is 5.48 Å². The average Bonchev–Trinajstić information content (AvgIpc) is 2.59. The molecule has 1 aliphatic heterocycles. The molecule has 5 nitrogen and oxygen atoms in total. The van der Waals surface area contributed by atoms with Crippen molar-refractivity contribution in [1.29, 1.82) is 0 Å². The van der Waals surface area contributed by atoms with Crippen LogP contribution in [0.15, 0.2) is 0 Å². The lowest BCUT2D eigenvalue weighted by molar-refractivity contribution is -0.0894. The average molecular weight is 328 g/mol. The Hall–Kier alpha value is -0.810. The molecule has 1 N–H and O–H groups in total. The molecule has 136 valence electrons. The van der Waals surface area contributed by atoms with E-state index in [9.17, 15) is 4.79 Å². The van der Waals surface area contributed by atoms with Crippen LogP contribution in [0.3, 0.4) is 0 Å². The second-order valence-corrected chi connectivity index (χ2v) is 8.65. The lowest BCUT2D eigenvalue weighted by Crippen LogP contribution is -2.46. The van der Waals surface area contributed by atoms with Crippen LogP contribution >= 0.6 is 0 Å². The summed E-state index contributed by atoms with van der Waals surface area (Å²) < 4.78 is 5.59. The molecule has 0 aliphatic carbocycles. The molecule has 1 heterocycles. The van der Waals surface area contributed by atoms with Gasteiger partial charge in [-0.05, 0) is 67.7 Å². The second kappa shape index (κ2) is 8.34. The van der Waals surface area contributed by atoms with E-state index in [4.69, 9.17) is 9.57 Å². The van der Waals surface area contributed by atoms with Gasteiger partial charge in [0.25, 0.3) is 0 Å². The topological polar surface area (TPSA) is 50.8 Å². The Morgan fingerprint density at radius 3 is 2.35 bits per heavy atom. The minimum absolute atomic E-state index is 0.183. The maximum atomic E-state index is 12.5. The number of likely N-dealkylation sites (tertiary alicyclic amines) is 1. The van der Waals surface area contributed by atoms with Gasteiger partial charge in [0, 0.05) is 18.6 Å². The van der Waals surface area contributed by atoms with E-state index in [1.807, 2.05) is 46.4 Å². The number of nitrogens with zero attached hydrogens (tertiary/aromatic N) is 1. The Morgan fingerprint density at radius 2 is 1.78 bits per heavy atom. The van der Waals surface area contributed by atoms with Crippen LogP contribution in [0.25, 0.3) is 0 Å². The number of carbonyl (C=O) groups is 1. The molecule has 1 aliphatic rings. The largest absolute Gasteiger partial charge is 0.444 e. The summed E-state index contributed by atoms with van der Waals surface area (Å²) >= 11 is 0. The third-order valence-electron chi connectivity index (χ3n) is 3.70. The van der Waals surface area contributed by atoms with Crippen LogP contribution in [0.2, 0.25) is 0 Å². The number of rotatable bonds is 4. The molecule has 5 heteroatoms. The molecule has 0 aromatic carbocycles. The fraction of sp³-hybridized carbons (Fsp3) is 0.944. The molecule has 1 amide bonds. The summed E-state index contributed by atoms with van der Waals surface area (Å²) in [5, 5.41) is 0. The fourth-order valence-corrected chi connectivity index (χ4v) is 2.72. The zero-order valence-corrected chi connectivity index (χ0v) is 16.1. The quantitative estimate of drug-likeness (QED) is 0.783. The summed E-state index contributed by atoms with van der Waals surface area (Å²) in [6, 6.07) is 0.390. The third-order valence-corrected chi connectivity index (χ3v) is 3.70. The maximum Gasteiger partial charge on any atom is 0.410 e. The summed E-state index contributed by atoms with van der Waals surface area (Å²) in [4.78, 5) is 20.1. The van der Waals surface area contributed by atoms with Crippen molar-refractivity contribution in [3.8, 4) is 0 Å². The summed E-state index contributed by atoms with van der Waals surface area (Å²) in [6.45, 7) is 14.7. The van der Waals surface area contributed by atoms with Gasteiger partial charge in [0.2, 0.25) is 0 Å². The van der Waals surface area contributed by atoms with Crippen molar-refractivity contribution in [1.82, 2.24) is 10.4 Å². The molecular formula is C18H36N2O3. The van der Waals surface area contributed by atoms with Crippen LogP contribution in [0.5, 0.6) is 0 Å². The number of hydrogen-bond donors (Lipinski definition) is 1. The normalized spacial score (nSPS) is 21.7. The Balaban J connectivity index is 2.65. The summed E-state index contributed by atoms with van der Waals surface area (Å²) in [6.07, 6.45) is 5.10. The summed E-state index contributed by atoms with van der Waals surface area (Å²) in [5.74, 6) is 0. The lowest BCUT2D eigenvalue weighted by atomic mass is 10.0. The van der Waals surface area contributed by atoms with E-state index in [2.05, 4.69) is 12.4 Å². The van der Waals surface area contributed by atoms with Crippen molar-refractivity contribution in [2.24, 2.45) is 0 Å². The van der Waals surface area contributed by atoms with E-state index in [-0.39, 0.29) is 23.8 Å². The first kappa shape index (κ1) is 20.2.